The fourth-order valence-corrected chi connectivity index (χ4v) is 5.32. The molecule has 0 fully saturated rings. The normalized spacial score (nSPS) is 11.4. The van der Waals surface area contributed by atoms with Crippen LogP contribution in [0.3, 0.4) is 0 Å². The third-order valence-electron chi connectivity index (χ3n) is 6.82. The molecule has 43 heavy (non-hydrogen) atoms. The van der Waals surface area contributed by atoms with Gasteiger partial charge in [0.2, 0.25) is 15.9 Å². The highest BCUT2D eigenvalue weighted by atomic mass is 32.2. The number of hydrogen-bond acceptors (Lipinski definition) is 6. The highest BCUT2D eigenvalue weighted by Gasteiger charge is 2.17. The molecule has 11 heteroatoms. The van der Waals surface area contributed by atoms with E-state index < -0.39 is 15.8 Å². The Bertz CT molecular complexity index is 1950. The summed E-state index contributed by atoms with van der Waals surface area (Å²) in [5, 5.41) is 0. The van der Waals surface area contributed by atoms with Crippen molar-refractivity contribution in [3.05, 3.63) is 113 Å². The number of anilines is 1. The molecule has 5 rings (SSSR count). The number of hydrogen-bond donors (Lipinski definition) is 1. The van der Waals surface area contributed by atoms with Crippen molar-refractivity contribution in [2.24, 2.45) is 0 Å². The van der Waals surface area contributed by atoms with Crippen molar-refractivity contribution in [1.29, 1.82) is 0 Å². The molecule has 0 saturated heterocycles. The molecule has 0 aliphatic rings. The maximum absolute atomic E-state index is 14.3. The van der Waals surface area contributed by atoms with E-state index in [1.54, 1.807) is 31.4 Å². The van der Waals surface area contributed by atoms with E-state index in [2.05, 4.69) is 25.2 Å². The highest BCUT2D eigenvalue weighted by Crippen LogP contribution is 2.30. The van der Waals surface area contributed by atoms with Crippen LogP contribution >= 0.6 is 0 Å². The van der Waals surface area contributed by atoms with Crippen molar-refractivity contribution in [2.45, 2.75) is 26.5 Å². The summed E-state index contributed by atoms with van der Waals surface area (Å²) in [5.74, 6) is 0.532. The number of halogens is 1. The van der Waals surface area contributed by atoms with Gasteiger partial charge >= 0.3 is 0 Å². The van der Waals surface area contributed by atoms with Gasteiger partial charge in [-0.2, -0.15) is 0 Å². The van der Waals surface area contributed by atoms with E-state index in [0.717, 1.165) is 34.2 Å². The van der Waals surface area contributed by atoms with E-state index in [0.29, 0.717) is 42.1 Å². The molecule has 5 aromatic rings. The molecule has 1 N–H and O–H groups in total. The average Bonchev–Trinajstić information content (AvgIpc) is 3.31. The minimum absolute atomic E-state index is 0.0655. The molecule has 0 radical (unpaired) electrons. The number of pyridine rings is 1. The van der Waals surface area contributed by atoms with Crippen molar-refractivity contribution in [3.63, 3.8) is 0 Å². The van der Waals surface area contributed by atoms with Gasteiger partial charge in [0.1, 0.15) is 18.2 Å². The van der Waals surface area contributed by atoms with Crippen LogP contribution < -0.4 is 9.46 Å². The molecule has 0 spiro atoms. The van der Waals surface area contributed by atoms with Gasteiger partial charge in [0.05, 0.1) is 41.8 Å². The molecular weight excluding hydrogens is 569 g/mol. The number of aryl methyl sites for hydroxylation is 1. The van der Waals surface area contributed by atoms with Gasteiger partial charge < -0.3 is 14.0 Å². The molecule has 0 bridgehead atoms. The monoisotopic (exact) mass is 599 g/mol. The van der Waals surface area contributed by atoms with Crippen molar-refractivity contribution in [2.75, 3.05) is 24.7 Å². The third kappa shape index (κ3) is 7.17. The first-order chi connectivity index (χ1) is 20.6. The lowest BCUT2D eigenvalue weighted by Gasteiger charge is -2.15. The fourth-order valence-electron chi connectivity index (χ4n) is 4.74. The second kappa shape index (κ2) is 12.6. The lowest BCUT2D eigenvalue weighted by atomic mass is 10.0. The van der Waals surface area contributed by atoms with Crippen LogP contribution in [0.25, 0.3) is 27.1 Å². The second-order valence-electron chi connectivity index (χ2n) is 10.1. The number of nitrogens with one attached hydrogen (secondary N) is 1. The topological polar surface area (TPSA) is 99.7 Å². The van der Waals surface area contributed by atoms with Gasteiger partial charge in [-0.05, 0) is 48.4 Å². The van der Waals surface area contributed by atoms with Crippen LogP contribution in [-0.2, 0) is 34.3 Å². The first kappa shape index (κ1) is 29.7. The Morgan fingerprint density at radius 1 is 1.02 bits per heavy atom. The summed E-state index contributed by atoms with van der Waals surface area (Å²) in [6.45, 7) is 10.1. The Hall–Kier alpha value is -4.79. The van der Waals surface area contributed by atoms with E-state index in [9.17, 15) is 12.8 Å². The van der Waals surface area contributed by atoms with Gasteiger partial charge in [-0.3, -0.25) is 4.72 Å². The van der Waals surface area contributed by atoms with Crippen LogP contribution in [0.2, 0.25) is 0 Å². The summed E-state index contributed by atoms with van der Waals surface area (Å²) >= 11 is 0. The SMILES string of the molecule is [C-]#[N+]c1ccc(COc2cccc(-c3ccc(Cc4nc5ccc(C)cc5n4CCOC)c(NS(C)(=O)=O)c3)n2)c(F)c1. The molecule has 0 amide bonds. The number of nitrogens with zero attached hydrogens (tertiary/aromatic N) is 4. The highest BCUT2D eigenvalue weighted by molar-refractivity contribution is 7.92. The van der Waals surface area contributed by atoms with Crippen molar-refractivity contribution in [3.8, 4) is 17.1 Å². The maximum Gasteiger partial charge on any atom is 0.229 e. The molecule has 0 unspecified atom stereocenters. The van der Waals surface area contributed by atoms with E-state index >= 15 is 0 Å². The van der Waals surface area contributed by atoms with Gasteiger partial charge in [0, 0.05) is 37.3 Å². The van der Waals surface area contributed by atoms with Gasteiger partial charge in [0.15, 0.2) is 5.69 Å². The number of imidazole rings is 1. The van der Waals surface area contributed by atoms with Crippen LogP contribution in [0.1, 0.15) is 22.5 Å². The smallest absolute Gasteiger partial charge is 0.229 e. The summed E-state index contributed by atoms with van der Waals surface area (Å²) in [5.41, 5.74) is 5.84. The molecule has 2 aromatic heterocycles. The molecule has 2 heterocycles. The summed E-state index contributed by atoms with van der Waals surface area (Å²) < 4.78 is 54.8. The molecule has 0 saturated carbocycles. The fraction of sp³-hybridized carbons (Fsp3) is 0.219. The quantitative estimate of drug-likeness (QED) is 0.179. The van der Waals surface area contributed by atoms with Crippen LogP contribution in [0.4, 0.5) is 15.8 Å². The lowest BCUT2D eigenvalue weighted by Crippen LogP contribution is -2.13. The standard InChI is InChI=1S/C32H30FN5O4S/c1-21-8-13-28-30(16-21)38(14-15-41-3)31(35-28)18-23-10-9-22(17-29(23)37-43(4,39)40)27-6-5-7-32(36-27)42-20-24-11-12-25(34-2)19-26(24)33/h5-13,16-17,19,37H,14-15,18,20H2,1,3-4H3. The minimum atomic E-state index is -3.60. The number of sulfonamides is 1. The van der Waals surface area contributed by atoms with Gasteiger partial charge in [-0.25, -0.2) is 27.6 Å². The minimum Gasteiger partial charge on any atom is -0.473 e. The number of aromatic nitrogens is 3. The number of methoxy groups -OCH3 is 1. The molecule has 9 nitrogen and oxygen atoms in total. The zero-order valence-electron chi connectivity index (χ0n) is 24.0. The zero-order chi connectivity index (χ0) is 30.6. The Morgan fingerprint density at radius 3 is 2.58 bits per heavy atom. The summed E-state index contributed by atoms with van der Waals surface area (Å²) in [6.07, 6.45) is 1.49. The molecular formula is C32H30FN5O4S. The van der Waals surface area contributed by atoms with E-state index in [1.165, 1.54) is 18.2 Å². The van der Waals surface area contributed by atoms with Gasteiger partial charge in [-0.15, -0.1) is 0 Å². The van der Waals surface area contributed by atoms with Crippen molar-refractivity contribution in [1.82, 2.24) is 14.5 Å². The van der Waals surface area contributed by atoms with E-state index in [4.69, 9.17) is 21.0 Å². The second-order valence-corrected chi connectivity index (χ2v) is 11.9. The third-order valence-corrected chi connectivity index (χ3v) is 7.41. The lowest BCUT2D eigenvalue weighted by molar-refractivity contribution is 0.187. The first-order valence-corrected chi connectivity index (χ1v) is 15.3. The molecule has 0 aliphatic carbocycles. The average molecular weight is 600 g/mol. The van der Waals surface area contributed by atoms with E-state index in [1.807, 2.05) is 31.2 Å². The number of rotatable bonds is 11. The predicted molar refractivity (Wildman–Crippen MR) is 164 cm³/mol. The number of fused-ring (bicyclic) bond motifs is 1. The molecule has 0 atom stereocenters. The Kier molecular flexibility index (Phi) is 8.71. The van der Waals surface area contributed by atoms with Crippen LogP contribution in [0.5, 0.6) is 5.88 Å². The maximum atomic E-state index is 14.3. The zero-order valence-corrected chi connectivity index (χ0v) is 24.8. The molecule has 220 valence electrons. The Balaban J connectivity index is 1.45. The van der Waals surface area contributed by atoms with Crippen LogP contribution in [0, 0.1) is 19.3 Å². The molecule has 0 aliphatic heterocycles. The van der Waals surface area contributed by atoms with Crippen LogP contribution in [-0.4, -0.2) is 42.9 Å². The Labute approximate surface area is 249 Å². The Morgan fingerprint density at radius 2 is 1.84 bits per heavy atom. The number of ether oxygens (including phenoxy) is 2. The van der Waals surface area contributed by atoms with Crippen LogP contribution in [0.15, 0.2) is 72.8 Å². The van der Waals surface area contributed by atoms with Crippen molar-refractivity contribution >= 4 is 32.4 Å². The largest absolute Gasteiger partial charge is 0.473 e. The summed E-state index contributed by atoms with van der Waals surface area (Å²) in [4.78, 5) is 12.6. The van der Waals surface area contributed by atoms with Crippen molar-refractivity contribution < 1.29 is 22.3 Å². The summed E-state index contributed by atoms with van der Waals surface area (Å²) in [7, 11) is -1.95. The molecule has 3 aromatic carbocycles. The number of benzene rings is 3. The summed E-state index contributed by atoms with van der Waals surface area (Å²) in [6, 6.07) is 20.9. The van der Waals surface area contributed by atoms with Gasteiger partial charge in [0.25, 0.3) is 0 Å². The van der Waals surface area contributed by atoms with Gasteiger partial charge in [-0.1, -0.05) is 36.4 Å². The first-order valence-electron chi connectivity index (χ1n) is 13.4. The predicted octanol–water partition coefficient (Wildman–Crippen LogP) is 6.28. The van der Waals surface area contributed by atoms with E-state index in [-0.39, 0.29) is 18.2 Å².